The van der Waals surface area contributed by atoms with Crippen molar-refractivity contribution in [3.05, 3.63) is 0 Å². The zero-order valence-corrected chi connectivity index (χ0v) is 10.4. The van der Waals surface area contributed by atoms with Gasteiger partial charge in [-0.15, -0.1) is 0 Å². The van der Waals surface area contributed by atoms with Gasteiger partial charge in [-0.05, 0) is 19.8 Å². The lowest BCUT2D eigenvalue weighted by molar-refractivity contribution is 0.309. The minimum atomic E-state index is -3.95. The van der Waals surface area contributed by atoms with E-state index in [0.29, 0.717) is 12.8 Å². The van der Waals surface area contributed by atoms with Crippen molar-refractivity contribution in [1.29, 1.82) is 0 Å². The van der Waals surface area contributed by atoms with Gasteiger partial charge in [0.2, 0.25) is 0 Å². The summed E-state index contributed by atoms with van der Waals surface area (Å²) in [7, 11) is -3.95. The smallest absolute Gasteiger partial charge is 0.324 e. The Morgan fingerprint density at radius 1 is 1.07 bits per heavy atom. The first-order valence-electron chi connectivity index (χ1n) is 5.43. The highest BCUT2D eigenvalue weighted by Crippen LogP contribution is 2.55. The fraction of sp³-hybridized carbons (Fsp3) is 1.00. The second-order valence-corrected chi connectivity index (χ2v) is 6.42. The van der Waals surface area contributed by atoms with Crippen LogP contribution in [0.15, 0.2) is 0 Å². The summed E-state index contributed by atoms with van der Waals surface area (Å²) in [5.41, 5.74) is 0. The maximum absolute atomic E-state index is 11.4. The van der Waals surface area contributed by atoms with Crippen molar-refractivity contribution in [2.45, 2.75) is 64.5 Å². The summed E-state index contributed by atoms with van der Waals surface area (Å²) in [6.07, 6.45) is 5.03. The third-order valence-electron chi connectivity index (χ3n) is 2.84. The van der Waals surface area contributed by atoms with Crippen LogP contribution in [-0.2, 0) is 4.57 Å². The van der Waals surface area contributed by atoms with Crippen LogP contribution in [0.2, 0.25) is 0 Å². The largest absolute Gasteiger partial charge is 0.331 e. The zero-order valence-electron chi connectivity index (χ0n) is 9.49. The Morgan fingerprint density at radius 3 is 1.64 bits per heavy atom. The topological polar surface area (TPSA) is 57.5 Å². The van der Waals surface area contributed by atoms with Crippen LogP contribution in [0.3, 0.4) is 0 Å². The molecule has 0 aromatic carbocycles. The van der Waals surface area contributed by atoms with Crippen LogP contribution in [0, 0.1) is 0 Å². The summed E-state index contributed by atoms with van der Waals surface area (Å²) in [6, 6.07) is 0. The summed E-state index contributed by atoms with van der Waals surface area (Å²) < 4.78 is 11.4. The van der Waals surface area contributed by atoms with Gasteiger partial charge in [-0.25, -0.2) is 0 Å². The van der Waals surface area contributed by atoms with Gasteiger partial charge in [-0.2, -0.15) is 0 Å². The van der Waals surface area contributed by atoms with E-state index < -0.39 is 12.8 Å². The Bertz CT molecular complexity index is 190. The molecule has 0 aliphatic carbocycles. The molecule has 86 valence electrons. The van der Waals surface area contributed by atoms with Crippen LogP contribution in [0.1, 0.15) is 59.3 Å². The number of rotatable bonds is 7. The van der Waals surface area contributed by atoms with Crippen molar-refractivity contribution >= 4 is 7.60 Å². The lowest BCUT2D eigenvalue weighted by Gasteiger charge is -2.30. The van der Waals surface area contributed by atoms with Gasteiger partial charge in [0, 0.05) is 0 Å². The van der Waals surface area contributed by atoms with Gasteiger partial charge < -0.3 is 9.79 Å². The Labute approximate surface area is 87.1 Å². The monoisotopic (exact) mass is 222 g/mol. The van der Waals surface area contributed by atoms with Crippen molar-refractivity contribution in [3.63, 3.8) is 0 Å². The highest BCUT2D eigenvalue weighted by atomic mass is 31.2. The molecule has 0 bridgehead atoms. The molecule has 0 unspecified atom stereocenters. The van der Waals surface area contributed by atoms with E-state index in [0.717, 1.165) is 25.7 Å². The molecule has 0 aromatic rings. The van der Waals surface area contributed by atoms with Crippen molar-refractivity contribution in [3.8, 4) is 0 Å². The molecule has 0 aromatic heterocycles. The normalized spacial score (nSPS) is 13.2. The summed E-state index contributed by atoms with van der Waals surface area (Å²) in [5.74, 6) is 0. The Hall–Kier alpha value is 0.150. The molecule has 0 spiro atoms. The summed E-state index contributed by atoms with van der Waals surface area (Å²) >= 11 is 0. The standard InChI is InChI=1S/C10H23O3P/c1-4-6-8-10(3,9-7-5-2)14(11,12)13/h4-9H2,1-3H3,(H2,11,12,13). The van der Waals surface area contributed by atoms with Gasteiger partial charge in [-0.1, -0.05) is 39.5 Å². The van der Waals surface area contributed by atoms with Crippen LogP contribution in [0.25, 0.3) is 0 Å². The Kier molecular flexibility index (Phi) is 5.96. The van der Waals surface area contributed by atoms with Crippen LogP contribution < -0.4 is 0 Å². The first-order chi connectivity index (χ1) is 6.37. The van der Waals surface area contributed by atoms with Gasteiger partial charge in [0.15, 0.2) is 0 Å². The van der Waals surface area contributed by atoms with E-state index in [-0.39, 0.29) is 0 Å². The highest BCUT2D eigenvalue weighted by Gasteiger charge is 2.40. The summed E-state index contributed by atoms with van der Waals surface area (Å²) in [5, 5.41) is -0.793. The van der Waals surface area contributed by atoms with E-state index in [1.54, 1.807) is 6.92 Å². The fourth-order valence-electron chi connectivity index (χ4n) is 1.53. The minimum absolute atomic E-state index is 0.633. The molecule has 0 rings (SSSR count). The predicted octanol–water partition coefficient (Wildman–Crippen LogP) is 3.30. The van der Waals surface area contributed by atoms with E-state index in [4.69, 9.17) is 0 Å². The molecule has 0 fully saturated rings. The number of hydrogen-bond acceptors (Lipinski definition) is 1. The quantitative estimate of drug-likeness (QED) is 0.650. The molecule has 0 saturated carbocycles. The number of unbranched alkanes of at least 4 members (excludes halogenated alkanes) is 2. The van der Waals surface area contributed by atoms with E-state index in [1.165, 1.54) is 0 Å². The second-order valence-electron chi connectivity index (χ2n) is 4.25. The Morgan fingerprint density at radius 2 is 1.43 bits per heavy atom. The van der Waals surface area contributed by atoms with Crippen molar-refractivity contribution in [2.75, 3.05) is 0 Å². The lowest BCUT2D eigenvalue weighted by Crippen LogP contribution is -2.24. The molecule has 0 amide bonds. The van der Waals surface area contributed by atoms with Gasteiger partial charge in [-0.3, -0.25) is 4.57 Å². The molecule has 0 aliphatic heterocycles. The second kappa shape index (κ2) is 5.89. The van der Waals surface area contributed by atoms with Crippen LogP contribution in [-0.4, -0.2) is 14.9 Å². The molecule has 4 heteroatoms. The maximum Gasteiger partial charge on any atom is 0.331 e. The molecular formula is C10H23O3P. The van der Waals surface area contributed by atoms with Crippen molar-refractivity contribution < 1.29 is 14.4 Å². The van der Waals surface area contributed by atoms with Gasteiger partial charge in [0.25, 0.3) is 0 Å². The van der Waals surface area contributed by atoms with Gasteiger partial charge >= 0.3 is 7.60 Å². The fourth-order valence-corrected chi connectivity index (χ4v) is 2.43. The van der Waals surface area contributed by atoms with Crippen molar-refractivity contribution in [2.24, 2.45) is 0 Å². The molecule has 0 atom stereocenters. The molecule has 0 aliphatic rings. The van der Waals surface area contributed by atoms with E-state index in [1.807, 2.05) is 13.8 Å². The molecule has 3 nitrogen and oxygen atoms in total. The lowest BCUT2D eigenvalue weighted by atomic mass is 9.97. The molecule has 0 radical (unpaired) electrons. The molecular weight excluding hydrogens is 199 g/mol. The first kappa shape index (κ1) is 14.2. The first-order valence-corrected chi connectivity index (χ1v) is 7.04. The highest BCUT2D eigenvalue weighted by molar-refractivity contribution is 7.53. The van der Waals surface area contributed by atoms with Crippen LogP contribution in [0.4, 0.5) is 0 Å². The van der Waals surface area contributed by atoms with Gasteiger partial charge in [0.1, 0.15) is 0 Å². The minimum Gasteiger partial charge on any atom is -0.324 e. The molecule has 2 N–H and O–H groups in total. The SMILES string of the molecule is CCCCC(C)(CCCC)P(=O)(O)O. The zero-order chi connectivity index (χ0) is 11.2. The third kappa shape index (κ3) is 4.12. The third-order valence-corrected chi connectivity index (χ3v) is 4.69. The molecule has 0 saturated heterocycles. The summed E-state index contributed by atoms with van der Waals surface area (Å²) in [6.45, 7) is 5.80. The average molecular weight is 222 g/mol. The van der Waals surface area contributed by atoms with E-state index >= 15 is 0 Å². The maximum atomic E-state index is 11.4. The van der Waals surface area contributed by atoms with Crippen LogP contribution in [0.5, 0.6) is 0 Å². The predicted molar refractivity (Wildman–Crippen MR) is 59.5 cm³/mol. The van der Waals surface area contributed by atoms with Crippen LogP contribution >= 0.6 is 7.60 Å². The average Bonchev–Trinajstić information content (AvgIpc) is 2.09. The Balaban J connectivity index is 4.42. The molecule has 14 heavy (non-hydrogen) atoms. The van der Waals surface area contributed by atoms with E-state index in [9.17, 15) is 14.4 Å². The van der Waals surface area contributed by atoms with Crippen molar-refractivity contribution in [1.82, 2.24) is 0 Å². The van der Waals surface area contributed by atoms with E-state index in [2.05, 4.69) is 0 Å². The molecule has 0 heterocycles. The number of hydrogen-bond donors (Lipinski definition) is 2. The van der Waals surface area contributed by atoms with Gasteiger partial charge in [0.05, 0.1) is 5.16 Å². The summed E-state index contributed by atoms with van der Waals surface area (Å²) in [4.78, 5) is 18.6.